The first-order valence-corrected chi connectivity index (χ1v) is 12.3. The molecule has 1 amide bonds. The molecule has 0 radical (unpaired) electrons. The van der Waals surface area contributed by atoms with Crippen molar-refractivity contribution in [2.45, 2.75) is 19.6 Å². The Labute approximate surface area is 202 Å². The summed E-state index contributed by atoms with van der Waals surface area (Å²) in [5.41, 5.74) is 2.57. The number of ether oxygens (including phenoxy) is 1. The number of hydrogen-bond donors (Lipinski definition) is 0. The Kier molecular flexibility index (Phi) is 6.62. The van der Waals surface area contributed by atoms with Crippen LogP contribution in [0.5, 0.6) is 5.75 Å². The molecule has 1 aliphatic rings. The molecule has 0 aliphatic carbocycles. The number of carbonyl (C=O) groups is 1. The second-order valence-corrected chi connectivity index (χ2v) is 9.63. The number of hydrogen-bond acceptors (Lipinski definition) is 5. The summed E-state index contributed by atoms with van der Waals surface area (Å²) in [6.07, 6.45) is 4.82. The Morgan fingerprint density at radius 2 is 2.00 bits per heavy atom. The minimum absolute atomic E-state index is 0.0563. The van der Waals surface area contributed by atoms with E-state index in [-0.39, 0.29) is 5.91 Å². The highest BCUT2D eigenvalue weighted by atomic mass is 35.5. The highest BCUT2D eigenvalue weighted by Gasteiger charge is 2.21. The second-order valence-electron chi connectivity index (χ2n) is 8.16. The molecular formula is C25H25ClN4O2S. The van der Waals surface area contributed by atoms with E-state index < -0.39 is 0 Å². The zero-order chi connectivity index (χ0) is 22.6. The van der Waals surface area contributed by atoms with E-state index in [9.17, 15) is 4.79 Å². The van der Waals surface area contributed by atoms with Crippen molar-refractivity contribution in [1.29, 1.82) is 0 Å². The van der Waals surface area contributed by atoms with Crippen LogP contribution in [0.25, 0.3) is 5.65 Å². The maximum atomic E-state index is 13.2. The molecule has 1 fully saturated rings. The van der Waals surface area contributed by atoms with Gasteiger partial charge in [0, 0.05) is 55.6 Å². The van der Waals surface area contributed by atoms with E-state index in [1.165, 1.54) is 0 Å². The van der Waals surface area contributed by atoms with Gasteiger partial charge in [0.1, 0.15) is 18.0 Å². The van der Waals surface area contributed by atoms with Crippen LogP contribution < -0.4 is 4.74 Å². The van der Waals surface area contributed by atoms with Crippen molar-refractivity contribution in [3.63, 3.8) is 0 Å². The third-order valence-corrected chi connectivity index (χ3v) is 6.84. The van der Waals surface area contributed by atoms with Crippen LogP contribution in [0.15, 0.2) is 66.3 Å². The maximum Gasteiger partial charge on any atom is 0.254 e. The van der Waals surface area contributed by atoms with Crippen LogP contribution in [0.1, 0.15) is 27.3 Å². The van der Waals surface area contributed by atoms with Gasteiger partial charge in [0.2, 0.25) is 0 Å². The van der Waals surface area contributed by atoms with Crippen molar-refractivity contribution in [3.05, 3.63) is 87.5 Å². The molecular weight excluding hydrogens is 456 g/mol. The Bertz CT molecular complexity index is 1240. The minimum Gasteiger partial charge on any atom is -0.488 e. The Morgan fingerprint density at radius 1 is 1.06 bits per heavy atom. The molecule has 3 aromatic heterocycles. The van der Waals surface area contributed by atoms with Crippen molar-refractivity contribution >= 4 is 34.5 Å². The monoisotopic (exact) mass is 480 g/mol. The second kappa shape index (κ2) is 9.95. The van der Waals surface area contributed by atoms with Gasteiger partial charge in [0.15, 0.2) is 0 Å². The zero-order valence-corrected chi connectivity index (χ0v) is 19.8. The number of fused-ring (bicyclic) bond motifs is 1. The van der Waals surface area contributed by atoms with Gasteiger partial charge in [-0.1, -0.05) is 23.7 Å². The normalized spacial score (nSPS) is 15.0. The van der Waals surface area contributed by atoms with Crippen molar-refractivity contribution in [1.82, 2.24) is 19.2 Å². The van der Waals surface area contributed by atoms with Crippen LogP contribution in [-0.2, 0) is 13.2 Å². The number of benzene rings is 1. The van der Waals surface area contributed by atoms with Gasteiger partial charge in [0.25, 0.3) is 5.91 Å². The number of imidazole rings is 1. The number of amides is 1. The van der Waals surface area contributed by atoms with E-state index in [0.29, 0.717) is 23.7 Å². The molecule has 4 heterocycles. The summed E-state index contributed by atoms with van der Waals surface area (Å²) >= 11 is 7.75. The van der Waals surface area contributed by atoms with Gasteiger partial charge >= 0.3 is 0 Å². The van der Waals surface area contributed by atoms with Gasteiger partial charge in [-0.05, 0) is 48.2 Å². The van der Waals surface area contributed by atoms with Crippen LogP contribution in [0, 0.1) is 0 Å². The average molecular weight is 481 g/mol. The standard InChI is InChI=1S/C25H25ClN4O2S/c26-20-7-8-24-27-21(17-30(24)15-20)16-28-9-3-10-29(12-11-28)25(31)19-4-1-5-22(14-19)32-18-23-6-2-13-33-23/h1-2,4-8,13-15,17H,3,9-12,16,18H2. The van der Waals surface area contributed by atoms with Crippen LogP contribution in [0.3, 0.4) is 0 Å². The van der Waals surface area contributed by atoms with Gasteiger partial charge in [-0.15, -0.1) is 11.3 Å². The van der Waals surface area contributed by atoms with Gasteiger partial charge in [0.05, 0.1) is 10.7 Å². The fourth-order valence-electron chi connectivity index (χ4n) is 4.11. The summed E-state index contributed by atoms with van der Waals surface area (Å²) in [5.74, 6) is 0.776. The van der Waals surface area contributed by atoms with E-state index in [1.807, 2.05) is 75.6 Å². The first-order chi connectivity index (χ1) is 16.1. The van der Waals surface area contributed by atoms with Crippen LogP contribution in [0.2, 0.25) is 5.02 Å². The van der Waals surface area contributed by atoms with E-state index in [4.69, 9.17) is 21.3 Å². The van der Waals surface area contributed by atoms with Crippen LogP contribution >= 0.6 is 22.9 Å². The molecule has 1 aliphatic heterocycles. The number of aromatic nitrogens is 2. The fourth-order valence-corrected chi connectivity index (χ4v) is 4.89. The molecule has 0 saturated carbocycles. The molecule has 170 valence electrons. The van der Waals surface area contributed by atoms with Crippen LogP contribution in [-0.4, -0.2) is 51.3 Å². The van der Waals surface area contributed by atoms with Crippen LogP contribution in [0.4, 0.5) is 0 Å². The summed E-state index contributed by atoms with van der Waals surface area (Å²) in [5, 5.41) is 2.72. The predicted molar refractivity (Wildman–Crippen MR) is 131 cm³/mol. The van der Waals surface area contributed by atoms with Crippen molar-refractivity contribution in [3.8, 4) is 5.75 Å². The maximum absolute atomic E-state index is 13.2. The number of thiophene rings is 1. The third-order valence-electron chi connectivity index (χ3n) is 5.77. The topological polar surface area (TPSA) is 50.1 Å². The lowest BCUT2D eigenvalue weighted by molar-refractivity contribution is 0.0760. The molecule has 0 bridgehead atoms. The highest BCUT2D eigenvalue weighted by Crippen LogP contribution is 2.19. The molecule has 5 rings (SSSR count). The largest absolute Gasteiger partial charge is 0.488 e. The lowest BCUT2D eigenvalue weighted by Gasteiger charge is -2.22. The number of nitrogens with zero attached hydrogens (tertiary/aromatic N) is 4. The van der Waals surface area contributed by atoms with Gasteiger partial charge in [-0.2, -0.15) is 0 Å². The molecule has 4 aromatic rings. The number of halogens is 1. The minimum atomic E-state index is 0.0563. The van der Waals surface area contributed by atoms with E-state index in [1.54, 1.807) is 11.3 Å². The zero-order valence-electron chi connectivity index (χ0n) is 18.2. The number of carbonyl (C=O) groups excluding carboxylic acids is 1. The summed E-state index contributed by atoms with van der Waals surface area (Å²) in [6, 6.07) is 15.3. The summed E-state index contributed by atoms with van der Waals surface area (Å²) in [7, 11) is 0. The third kappa shape index (κ3) is 5.38. The van der Waals surface area contributed by atoms with Gasteiger partial charge < -0.3 is 14.0 Å². The summed E-state index contributed by atoms with van der Waals surface area (Å²) in [4.78, 5) is 23.3. The lowest BCUT2D eigenvalue weighted by Crippen LogP contribution is -2.35. The van der Waals surface area contributed by atoms with Gasteiger partial charge in [-0.25, -0.2) is 4.98 Å². The molecule has 1 aromatic carbocycles. The first kappa shape index (κ1) is 21.9. The van der Waals surface area contributed by atoms with E-state index >= 15 is 0 Å². The molecule has 33 heavy (non-hydrogen) atoms. The van der Waals surface area contributed by atoms with E-state index in [2.05, 4.69) is 4.90 Å². The lowest BCUT2D eigenvalue weighted by atomic mass is 10.2. The molecule has 0 spiro atoms. The summed E-state index contributed by atoms with van der Waals surface area (Å²) in [6.45, 7) is 4.46. The Hall–Kier alpha value is -2.87. The highest BCUT2D eigenvalue weighted by molar-refractivity contribution is 7.09. The molecule has 8 heteroatoms. The smallest absolute Gasteiger partial charge is 0.254 e. The molecule has 0 N–H and O–H groups in total. The average Bonchev–Trinajstić information content (AvgIpc) is 3.42. The first-order valence-electron chi connectivity index (χ1n) is 11.0. The molecule has 0 unspecified atom stereocenters. The predicted octanol–water partition coefficient (Wildman–Crippen LogP) is 4.98. The van der Waals surface area contributed by atoms with Crippen molar-refractivity contribution in [2.75, 3.05) is 26.2 Å². The quantitative estimate of drug-likeness (QED) is 0.390. The number of pyridine rings is 1. The molecule has 6 nitrogen and oxygen atoms in total. The fraction of sp³-hybridized carbons (Fsp3) is 0.280. The van der Waals surface area contributed by atoms with Gasteiger partial charge in [-0.3, -0.25) is 9.69 Å². The molecule has 1 saturated heterocycles. The van der Waals surface area contributed by atoms with Crippen molar-refractivity contribution in [2.24, 2.45) is 0 Å². The SMILES string of the molecule is O=C(c1cccc(OCc2cccs2)c1)N1CCCN(Cc2cn3cc(Cl)ccc3n2)CC1. The summed E-state index contributed by atoms with van der Waals surface area (Å²) < 4.78 is 7.84. The Balaban J connectivity index is 1.19. The van der Waals surface area contributed by atoms with Crippen molar-refractivity contribution < 1.29 is 9.53 Å². The molecule has 0 atom stereocenters. The van der Waals surface area contributed by atoms with E-state index in [0.717, 1.165) is 54.6 Å². The Morgan fingerprint density at radius 3 is 2.88 bits per heavy atom. The number of rotatable bonds is 6.